The van der Waals surface area contributed by atoms with Crippen LogP contribution in [0.4, 0.5) is 0 Å². The van der Waals surface area contributed by atoms with Crippen LogP contribution in [0.2, 0.25) is 0 Å². The molecule has 1 aliphatic heterocycles. The number of phenols is 1. The minimum atomic E-state index is -0.300. The van der Waals surface area contributed by atoms with Crippen LogP contribution in [-0.4, -0.2) is 22.6 Å². The number of benzene rings is 2. The van der Waals surface area contributed by atoms with E-state index in [1.807, 2.05) is 36.4 Å². The van der Waals surface area contributed by atoms with Crippen LogP contribution in [0.5, 0.6) is 5.75 Å². The molecule has 2 aromatic rings. The fourth-order valence-electron chi connectivity index (χ4n) is 2.98. The van der Waals surface area contributed by atoms with Gasteiger partial charge in [0.1, 0.15) is 5.75 Å². The molecule has 24 heavy (non-hydrogen) atoms. The highest BCUT2D eigenvalue weighted by molar-refractivity contribution is 5.65. The topological polar surface area (TPSA) is 38.7 Å². The first-order valence-corrected chi connectivity index (χ1v) is 8.51. The van der Waals surface area contributed by atoms with E-state index in [4.69, 9.17) is 9.47 Å². The summed E-state index contributed by atoms with van der Waals surface area (Å²) < 4.78 is 12.1. The zero-order chi connectivity index (χ0) is 17.4. The van der Waals surface area contributed by atoms with Gasteiger partial charge in [-0.2, -0.15) is 0 Å². The lowest BCUT2D eigenvalue weighted by atomic mass is 9.90. The Bertz CT molecular complexity index is 688. The quantitative estimate of drug-likeness (QED) is 0.866. The van der Waals surface area contributed by atoms with E-state index in [0.717, 1.165) is 29.5 Å². The van der Waals surface area contributed by atoms with E-state index in [-0.39, 0.29) is 17.5 Å². The lowest BCUT2D eigenvalue weighted by molar-refractivity contribution is -0.0898. The van der Waals surface area contributed by atoms with E-state index in [1.165, 1.54) is 0 Å². The van der Waals surface area contributed by atoms with Gasteiger partial charge in [-0.15, -0.1) is 0 Å². The van der Waals surface area contributed by atoms with Crippen molar-refractivity contribution in [3.8, 4) is 16.9 Å². The molecule has 3 rings (SSSR count). The molecule has 0 aliphatic carbocycles. The van der Waals surface area contributed by atoms with Crippen molar-refractivity contribution in [2.24, 2.45) is 0 Å². The third-order valence-corrected chi connectivity index (χ3v) is 5.06. The van der Waals surface area contributed by atoms with Crippen molar-refractivity contribution in [3.05, 3.63) is 54.1 Å². The third kappa shape index (κ3) is 3.47. The Balaban J connectivity index is 1.72. The second kappa shape index (κ2) is 6.23. The molecule has 0 bridgehead atoms. The van der Waals surface area contributed by atoms with E-state index in [2.05, 4.69) is 33.8 Å². The molecule has 0 atom stereocenters. The molecule has 0 spiro atoms. The summed E-state index contributed by atoms with van der Waals surface area (Å²) in [6.45, 7) is 8.26. The van der Waals surface area contributed by atoms with Crippen LogP contribution in [-0.2, 0) is 15.9 Å². The highest BCUT2D eigenvalue weighted by Crippen LogP contribution is 2.39. The Labute approximate surface area is 144 Å². The van der Waals surface area contributed by atoms with Crippen LogP contribution in [0.25, 0.3) is 11.1 Å². The van der Waals surface area contributed by atoms with Crippen LogP contribution < -0.4 is 0 Å². The van der Waals surface area contributed by atoms with Crippen LogP contribution in [0, 0.1) is 0 Å². The first-order chi connectivity index (χ1) is 11.3. The first-order valence-electron chi connectivity index (χ1n) is 8.51. The van der Waals surface area contributed by atoms with Crippen molar-refractivity contribution in [2.45, 2.75) is 58.0 Å². The standard InChI is InChI=1S/C21H26O3/c1-20(2)21(3,4)24-19(23-20)11-10-15-12-17(14-18(22)13-15)16-8-6-5-7-9-16/h5-9,12-14,19,22H,10-11H2,1-4H3. The fourth-order valence-corrected chi connectivity index (χ4v) is 2.98. The van der Waals surface area contributed by atoms with E-state index in [1.54, 1.807) is 6.07 Å². The van der Waals surface area contributed by atoms with Gasteiger partial charge in [0.25, 0.3) is 0 Å². The Morgan fingerprint density at radius 2 is 1.50 bits per heavy atom. The number of hydrogen-bond donors (Lipinski definition) is 1. The SMILES string of the molecule is CC1(C)OC(CCc2cc(O)cc(-c3ccccc3)c2)OC1(C)C. The monoisotopic (exact) mass is 326 g/mol. The van der Waals surface area contributed by atoms with Crippen LogP contribution >= 0.6 is 0 Å². The molecule has 1 aliphatic rings. The molecule has 1 heterocycles. The van der Waals surface area contributed by atoms with Crippen molar-refractivity contribution < 1.29 is 14.6 Å². The largest absolute Gasteiger partial charge is 0.508 e. The normalized spacial score (nSPS) is 19.5. The summed E-state index contributed by atoms with van der Waals surface area (Å²) in [5.74, 6) is 0.292. The maximum atomic E-state index is 10.1. The van der Waals surface area contributed by atoms with Crippen LogP contribution in [0.3, 0.4) is 0 Å². The van der Waals surface area contributed by atoms with Crippen molar-refractivity contribution in [2.75, 3.05) is 0 Å². The molecule has 0 radical (unpaired) electrons. The van der Waals surface area contributed by atoms with Gasteiger partial charge < -0.3 is 14.6 Å². The maximum Gasteiger partial charge on any atom is 0.159 e. The average molecular weight is 326 g/mol. The van der Waals surface area contributed by atoms with Gasteiger partial charge in [0, 0.05) is 6.42 Å². The minimum Gasteiger partial charge on any atom is -0.508 e. The molecular weight excluding hydrogens is 300 g/mol. The first kappa shape index (κ1) is 17.0. The number of hydrogen-bond acceptors (Lipinski definition) is 3. The minimum absolute atomic E-state index is 0.211. The van der Waals surface area contributed by atoms with Gasteiger partial charge in [0.2, 0.25) is 0 Å². The summed E-state index contributed by atoms with van der Waals surface area (Å²) >= 11 is 0. The summed E-state index contributed by atoms with van der Waals surface area (Å²) in [5, 5.41) is 10.1. The molecule has 128 valence electrons. The smallest absolute Gasteiger partial charge is 0.159 e. The molecule has 2 aromatic carbocycles. The summed E-state index contributed by atoms with van der Waals surface area (Å²) in [6, 6.07) is 15.8. The second-order valence-electron chi connectivity index (χ2n) is 7.48. The van der Waals surface area contributed by atoms with Crippen molar-refractivity contribution >= 4 is 0 Å². The summed E-state index contributed by atoms with van der Waals surface area (Å²) in [7, 11) is 0. The van der Waals surface area contributed by atoms with Crippen molar-refractivity contribution in [1.82, 2.24) is 0 Å². The van der Waals surface area contributed by atoms with Crippen molar-refractivity contribution in [1.29, 1.82) is 0 Å². The third-order valence-electron chi connectivity index (χ3n) is 5.06. The molecule has 3 heteroatoms. The van der Waals surface area contributed by atoms with Crippen LogP contribution in [0.15, 0.2) is 48.5 Å². The summed E-state index contributed by atoms with van der Waals surface area (Å²) in [6.07, 6.45) is 1.35. The molecule has 0 amide bonds. The Morgan fingerprint density at radius 1 is 0.875 bits per heavy atom. The molecular formula is C21H26O3. The number of phenolic OH excluding ortho intramolecular Hbond substituents is 1. The Morgan fingerprint density at radius 3 is 2.12 bits per heavy atom. The van der Waals surface area contributed by atoms with Gasteiger partial charge >= 0.3 is 0 Å². The van der Waals surface area contributed by atoms with Gasteiger partial charge in [-0.1, -0.05) is 36.4 Å². The van der Waals surface area contributed by atoms with Gasteiger partial charge in [0.15, 0.2) is 6.29 Å². The van der Waals surface area contributed by atoms with Gasteiger partial charge in [0.05, 0.1) is 11.2 Å². The van der Waals surface area contributed by atoms with Gasteiger partial charge in [-0.25, -0.2) is 0 Å². The average Bonchev–Trinajstić information content (AvgIpc) is 2.73. The second-order valence-corrected chi connectivity index (χ2v) is 7.48. The van der Waals surface area contributed by atoms with E-state index in [0.29, 0.717) is 5.75 Å². The highest BCUT2D eigenvalue weighted by Gasteiger charge is 2.48. The van der Waals surface area contributed by atoms with Gasteiger partial charge in [-0.3, -0.25) is 0 Å². The molecule has 0 saturated carbocycles. The van der Waals surface area contributed by atoms with E-state index in [9.17, 15) is 5.11 Å². The van der Waals surface area contributed by atoms with Crippen molar-refractivity contribution in [3.63, 3.8) is 0 Å². The number of aryl methyl sites for hydroxylation is 1. The Kier molecular flexibility index (Phi) is 4.41. The van der Waals surface area contributed by atoms with Gasteiger partial charge in [-0.05, 0) is 62.9 Å². The molecule has 1 N–H and O–H groups in total. The molecule has 1 saturated heterocycles. The Hall–Kier alpha value is -1.84. The molecule has 0 aromatic heterocycles. The fraction of sp³-hybridized carbons (Fsp3) is 0.429. The number of ether oxygens (including phenoxy) is 2. The number of rotatable bonds is 4. The summed E-state index contributed by atoms with van der Waals surface area (Å²) in [4.78, 5) is 0. The maximum absolute atomic E-state index is 10.1. The lowest BCUT2D eigenvalue weighted by Gasteiger charge is -2.30. The zero-order valence-corrected chi connectivity index (χ0v) is 14.9. The predicted molar refractivity (Wildman–Crippen MR) is 96.0 cm³/mol. The molecule has 1 fully saturated rings. The van der Waals surface area contributed by atoms with Crippen LogP contribution in [0.1, 0.15) is 39.7 Å². The number of aromatic hydroxyl groups is 1. The highest BCUT2D eigenvalue weighted by atomic mass is 16.7. The predicted octanol–water partition coefficient (Wildman–Crippen LogP) is 4.92. The molecule has 0 unspecified atom stereocenters. The lowest BCUT2D eigenvalue weighted by Crippen LogP contribution is -2.41. The van der Waals surface area contributed by atoms with E-state index >= 15 is 0 Å². The molecule has 3 nitrogen and oxygen atoms in total. The zero-order valence-electron chi connectivity index (χ0n) is 14.9. The summed E-state index contributed by atoms with van der Waals surface area (Å²) in [5.41, 5.74) is 2.62. The van der Waals surface area contributed by atoms with E-state index < -0.39 is 0 Å².